The van der Waals surface area contributed by atoms with E-state index in [9.17, 15) is 9.59 Å². The lowest BCUT2D eigenvalue weighted by atomic mass is 10.0. The second-order valence-corrected chi connectivity index (χ2v) is 8.55. The number of benzene rings is 2. The lowest BCUT2D eigenvalue weighted by Crippen LogP contribution is -2.30. The van der Waals surface area contributed by atoms with Crippen LogP contribution < -0.4 is 5.32 Å². The number of thiophene rings is 1. The molecule has 1 aliphatic rings. The molecule has 160 valence electrons. The van der Waals surface area contributed by atoms with Crippen LogP contribution >= 0.6 is 11.3 Å². The topological polar surface area (TPSA) is 58.6 Å². The van der Waals surface area contributed by atoms with Gasteiger partial charge in [0, 0.05) is 23.5 Å². The highest BCUT2D eigenvalue weighted by atomic mass is 32.1. The number of hydrogen-bond donors (Lipinski definition) is 1. The van der Waals surface area contributed by atoms with Crippen LogP contribution in [0.1, 0.15) is 45.0 Å². The summed E-state index contributed by atoms with van der Waals surface area (Å²) in [4.78, 5) is 29.1. The number of amides is 1. The van der Waals surface area contributed by atoms with Gasteiger partial charge in [0.05, 0.1) is 12.2 Å². The molecular weight excluding hydrogens is 408 g/mol. The summed E-state index contributed by atoms with van der Waals surface area (Å²) in [5, 5.41) is 3.56. The van der Waals surface area contributed by atoms with E-state index in [-0.39, 0.29) is 11.9 Å². The predicted molar refractivity (Wildman–Crippen MR) is 125 cm³/mol. The van der Waals surface area contributed by atoms with Crippen molar-refractivity contribution < 1.29 is 14.3 Å². The molecule has 2 heterocycles. The number of anilines is 1. The van der Waals surface area contributed by atoms with Crippen LogP contribution in [-0.2, 0) is 17.7 Å². The maximum absolute atomic E-state index is 13.0. The molecule has 0 bridgehead atoms. The van der Waals surface area contributed by atoms with Crippen molar-refractivity contribution in [2.24, 2.45) is 0 Å². The van der Waals surface area contributed by atoms with E-state index in [1.54, 1.807) is 6.92 Å². The molecule has 1 N–H and O–H groups in total. The highest BCUT2D eigenvalue weighted by Gasteiger charge is 2.29. The number of carbonyl (C=O) groups excluding carboxylic acids is 2. The van der Waals surface area contributed by atoms with Crippen LogP contribution in [0.2, 0.25) is 0 Å². The minimum Gasteiger partial charge on any atom is -0.462 e. The third-order valence-electron chi connectivity index (χ3n) is 5.54. The number of likely N-dealkylation sites (N-methyl/N-ethyl adjacent to an activating group) is 1. The Balaban J connectivity index is 1.59. The molecule has 0 aliphatic carbocycles. The van der Waals surface area contributed by atoms with Gasteiger partial charge in [0.25, 0.3) is 5.91 Å². The number of esters is 1. The molecule has 0 fully saturated rings. The largest absolute Gasteiger partial charge is 0.462 e. The maximum atomic E-state index is 13.0. The first kappa shape index (κ1) is 21.3. The Labute approximate surface area is 186 Å². The normalized spacial score (nSPS) is 13.5. The third-order valence-corrected chi connectivity index (χ3v) is 6.68. The zero-order valence-electron chi connectivity index (χ0n) is 17.8. The fraction of sp³-hybridized carbons (Fsp3) is 0.280. The minimum atomic E-state index is -0.361. The number of ether oxygens (including phenoxy) is 1. The minimum absolute atomic E-state index is 0.226. The first-order chi connectivity index (χ1) is 15.1. The van der Waals surface area contributed by atoms with Crippen molar-refractivity contribution in [2.45, 2.75) is 26.8 Å². The summed E-state index contributed by atoms with van der Waals surface area (Å²) in [6.45, 7) is 6.89. The van der Waals surface area contributed by atoms with Crippen LogP contribution in [0, 0.1) is 0 Å². The van der Waals surface area contributed by atoms with Gasteiger partial charge in [-0.2, -0.15) is 0 Å². The van der Waals surface area contributed by atoms with E-state index in [4.69, 9.17) is 4.74 Å². The van der Waals surface area contributed by atoms with Crippen LogP contribution in [0.25, 0.3) is 11.1 Å². The Bertz CT molecular complexity index is 1070. The molecule has 2 aromatic carbocycles. The first-order valence-corrected chi connectivity index (χ1v) is 11.4. The summed E-state index contributed by atoms with van der Waals surface area (Å²) in [7, 11) is 0. The molecule has 1 aromatic heterocycles. The quantitative estimate of drug-likeness (QED) is 0.540. The molecular formula is C25H26N2O3S. The molecule has 1 amide bonds. The standard InChI is InChI=1S/C25H26N2O3S/c1-3-27-15-14-20-21(16-27)31-24(22(20)25(29)30-4-2)26-23(28)19-12-10-18(11-13-19)17-8-6-5-7-9-17/h5-13H,3-4,14-16H2,1-2H3,(H,26,28). The molecule has 0 atom stereocenters. The molecule has 5 nitrogen and oxygen atoms in total. The van der Waals surface area contributed by atoms with Gasteiger partial charge in [0.15, 0.2) is 0 Å². The van der Waals surface area contributed by atoms with Crippen molar-refractivity contribution >= 4 is 28.2 Å². The van der Waals surface area contributed by atoms with E-state index in [2.05, 4.69) is 17.1 Å². The number of hydrogen-bond acceptors (Lipinski definition) is 5. The van der Waals surface area contributed by atoms with Crippen LogP contribution in [0.3, 0.4) is 0 Å². The molecule has 0 saturated heterocycles. The summed E-state index contributed by atoms with van der Waals surface area (Å²) in [6, 6.07) is 17.5. The van der Waals surface area contributed by atoms with Gasteiger partial charge in [-0.15, -0.1) is 11.3 Å². The second-order valence-electron chi connectivity index (χ2n) is 7.44. The predicted octanol–water partition coefficient (Wildman–Crippen LogP) is 5.22. The average molecular weight is 435 g/mol. The fourth-order valence-corrected chi connectivity index (χ4v) is 5.13. The highest BCUT2D eigenvalue weighted by molar-refractivity contribution is 7.17. The van der Waals surface area contributed by atoms with Gasteiger partial charge in [-0.25, -0.2) is 4.79 Å². The number of fused-ring (bicyclic) bond motifs is 1. The lowest BCUT2D eigenvalue weighted by Gasteiger charge is -2.25. The maximum Gasteiger partial charge on any atom is 0.341 e. The van der Waals surface area contributed by atoms with Crippen molar-refractivity contribution in [2.75, 3.05) is 25.0 Å². The third kappa shape index (κ3) is 4.55. The van der Waals surface area contributed by atoms with Crippen LogP contribution in [0.15, 0.2) is 54.6 Å². The van der Waals surface area contributed by atoms with Gasteiger partial charge in [-0.05, 0) is 48.7 Å². The molecule has 0 unspecified atom stereocenters. The van der Waals surface area contributed by atoms with Crippen LogP contribution in [0.5, 0.6) is 0 Å². The summed E-state index contributed by atoms with van der Waals surface area (Å²) < 4.78 is 5.30. The van der Waals surface area contributed by atoms with E-state index >= 15 is 0 Å². The summed E-state index contributed by atoms with van der Waals surface area (Å²) in [5.74, 6) is -0.587. The molecule has 31 heavy (non-hydrogen) atoms. The molecule has 0 saturated carbocycles. The van der Waals surface area contributed by atoms with Gasteiger partial charge in [0.1, 0.15) is 5.00 Å². The van der Waals surface area contributed by atoms with Gasteiger partial charge >= 0.3 is 5.97 Å². The Morgan fingerprint density at radius 3 is 2.42 bits per heavy atom. The van der Waals surface area contributed by atoms with Crippen molar-refractivity contribution in [3.8, 4) is 11.1 Å². The lowest BCUT2D eigenvalue weighted by molar-refractivity contribution is 0.0526. The number of carbonyl (C=O) groups is 2. The van der Waals surface area contributed by atoms with E-state index in [0.717, 1.165) is 47.6 Å². The van der Waals surface area contributed by atoms with Crippen molar-refractivity contribution in [3.05, 3.63) is 76.2 Å². The monoisotopic (exact) mass is 434 g/mol. The van der Waals surface area contributed by atoms with E-state index < -0.39 is 0 Å². The molecule has 4 rings (SSSR count). The van der Waals surface area contributed by atoms with Crippen LogP contribution in [-0.4, -0.2) is 36.5 Å². The Morgan fingerprint density at radius 1 is 1.03 bits per heavy atom. The highest BCUT2D eigenvalue weighted by Crippen LogP contribution is 2.38. The Hall–Kier alpha value is -2.96. The van der Waals surface area contributed by atoms with E-state index in [1.807, 2.05) is 54.6 Å². The zero-order valence-corrected chi connectivity index (χ0v) is 18.6. The number of rotatable bonds is 6. The van der Waals surface area contributed by atoms with Gasteiger partial charge in [-0.1, -0.05) is 49.4 Å². The molecule has 6 heteroatoms. The van der Waals surface area contributed by atoms with Gasteiger partial charge in [0.2, 0.25) is 0 Å². The van der Waals surface area contributed by atoms with E-state index in [1.165, 1.54) is 11.3 Å². The van der Waals surface area contributed by atoms with Crippen molar-refractivity contribution in [1.82, 2.24) is 4.90 Å². The summed E-state index contributed by atoms with van der Waals surface area (Å²) in [5.41, 5.74) is 4.24. The van der Waals surface area contributed by atoms with Crippen molar-refractivity contribution in [3.63, 3.8) is 0 Å². The first-order valence-electron chi connectivity index (χ1n) is 10.6. The molecule has 0 spiro atoms. The zero-order chi connectivity index (χ0) is 21.8. The van der Waals surface area contributed by atoms with Crippen LogP contribution in [0.4, 0.5) is 5.00 Å². The van der Waals surface area contributed by atoms with E-state index in [0.29, 0.717) is 22.7 Å². The smallest absolute Gasteiger partial charge is 0.341 e. The fourth-order valence-electron chi connectivity index (χ4n) is 3.85. The molecule has 1 aliphatic heterocycles. The van der Waals surface area contributed by atoms with Crippen molar-refractivity contribution in [1.29, 1.82) is 0 Å². The Morgan fingerprint density at radius 2 is 1.74 bits per heavy atom. The average Bonchev–Trinajstić information content (AvgIpc) is 3.16. The number of nitrogens with zero attached hydrogens (tertiary/aromatic N) is 1. The second kappa shape index (κ2) is 9.45. The summed E-state index contributed by atoms with van der Waals surface area (Å²) in [6.07, 6.45) is 0.787. The van der Waals surface area contributed by atoms with Gasteiger partial charge < -0.3 is 10.1 Å². The van der Waals surface area contributed by atoms with Gasteiger partial charge in [-0.3, -0.25) is 9.69 Å². The SMILES string of the molecule is CCOC(=O)c1c(NC(=O)c2ccc(-c3ccccc3)cc2)sc2c1CCN(CC)C2. The summed E-state index contributed by atoms with van der Waals surface area (Å²) >= 11 is 1.48. The molecule has 0 radical (unpaired) electrons. The number of nitrogens with one attached hydrogen (secondary N) is 1. The molecule has 3 aromatic rings. The Kier molecular flexibility index (Phi) is 6.49.